The molecule has 2 amide bonds. The van der Waals surface area contributed by atoms with Crippen LogP contribution in [0.1, 0.15) is 11.1 Å². The van der Waals surface area contributed by atoms with Gasteiger partial charge in [0.1, 0.15) is 0 Å². The minimum atomic E-state index is -2.64. The van der Waals surface area contributed by atoms with Crippen molar-refractivity contribution in [1.29, 1.82) is 0 Å². The number of carbonyl (C=O) groups excluding carboxylic acids is 1. The molecule has 0 saturated carbocycles. The predicted octanol–water partition coefficient (Wildman–Crippen LogP) is 3.35. The van der Waals surface area contributed by atoms with E-state index in [0.29, 0.717) is 5.69 Å². The summed E-state index contributed by atoms with van der Waals surface area (Å²) in [6, 6.07) is 13.0. The Morgan fingerprint density at radius 2 is 1.92 bits per heavy atom. The number of halogens is 2. The third kappa shape index (κ3) is 3.38. The van der Waals surface area contributed by atoms with Gasteiger partial charge in [0.2, 0.25) is 0 Å². The highest BCUT2D eigenvalue weighted by Crippen LogP contribution is 2.37. The average molecular weight is 332 g/mol. The van der Waals surface area contributed by atoms with Crippen molar-refractivity contribution < 1.29 is 18.7 Å². The third-order valence-corrected chi connectivity index (χ3v) is 4.06. The van der Waals surface area contributed by atoms with E-state index >= 15 is 0 Å². The molecule has 0 spiro atoms. The fourth-order valence-electron chi connectivity index (χ4n) is 2.99. The molecule has 0 heterocycles. The molecule has 0 bridgehead atoms. The Labute approximate surface area is 138 Å². The van der Waals surface area contributed by atoms with Crippen molar-refractivity contribution >= 4 is 11.7 Å². The molecule has 2 N–H and O–H groups in total. The van der Waals surface area contributed by atoms with Crippen molar-refractivity contribution in [3.8, 4) is 11.1 Å². The molecule has 0 atom stereocenters. The van der Waals surface area contributed by atoms with E-state index in [-0.39, 0.29) is 13.2 Å². The van der Waals surface area contributed by atoms with Crippen LogP contribution in [0.15, 0.2) is 42.5 Å². The van der Waals surface area contributed by atoms with Crippen LogP contribution < -0.4 is 5.32 Å². The van der Waals surface area contributed by atoms with Gasteiger partial charge in [-0.3, -0.25) is 0 Å². The first-order valence-corrected chi connectivity index (χ1v) is 7.74. The monoisotopic (exact) mass is 332 g/mol. The number of benzene rings is 2. The molecule has 0 aromatic heterocycles. The molecule has 0 fully saturated rings. The number of carbonyl (C=O) groups is 1. The number of anilines is 1. The van der Waals surface area contributed by atoms with Crippen molar-refractivity contribution in [3.63, 3.8) is 0 Å². The van der Waals surface area contributed by atoms with E-state index in [0.717, 1.165) is 22.4 Å². The largest absolute Gasteiger partial charge is 0.395 e. The number of aliphatic hydroxyl groups excluding tert-OH is 1. The number of nitrogens with one attached hydrogen (secondary N) is 1. The van der Waals surface area contributed by atoms with Crippen molar-refractivity contribution in [2.75, 3.05) is 25.0 Å². The molecule has 1 aliphatic carbocycles. The predicted molar refractivity (Wildman–Crippen MR) is 88.4 cm³/mol. The summed E-state index contributed by atoms with van der Waals surface area (Å²) < 4.78 is 25.1. The molecule has 1 aliphatic rings. The van der Waals surface area contributed by atoms with E-state index in [1.807, 2.05) is 24.3 Å². The number of hydrogen-bond donors (Lipinski definition) is 2. The molecular weight excluding hydrogens is 314 g/mol. The van der Waals surface area contributed by atoms with Crippen molar-refractivity contribution in [2.24, 2.45) is 0 Å². The van der Waals surface area contributed by atoms with Gasteiger partial charge in [-0.1, -0.05) is 30.3 Å². The number of hydrogen-bond acceptors (Lipinski definition) is 2. The van der Waals surface area contributed by atoms with E-state index in [1.165, 1.54) is 11.1 Å². The molecule has 0 unspecified atom stereocenters. The summed E-state index contributed by atoms with van der Waals surface area (Å²) in [5.41, 5.74) is 5.20. The second-order valence-electron chi connectivity index (χ2n) is 5.70. The maximum atomic E-state index is 12.5. The minimum Gasteiger partial charge on any atom is -0.395 e. The summed E-state index contributed by atoms with van der Waals surface area (Å²) in [7, 11) is 0. The fourth-order valence-corrected chi connectivity index (χ4v) is 2.99. The van der Waals surface area contributed by atoms with Crippen LogP contribution in [0.25, 0.3) is 11.1 Å². The molecule has 0 radical (unpaired) electrons. The van der Waals surface area contributed by atoms with Gasteiger partial charge in [0.05, 0.1) is 13.2 Å². The number of nitrogens with zero attached hydrogens (tertiary/aromatic N) is 1. The Balaban J connectivity index is 1.75. The minimum absolute atomic E-state index is 0.132. The van der Waals surface area contributed by atoms with Crippen LogP contribution >= 0.6 is 0 Å². The number of urea groups is 1. The smallest absolute Gasteiger partial charge is 0.322 e. The van der Waals surface area contributed by atoms with E-state index in [2.05, 4.69) is 17.4 Å². The van der Waals surface area contributed by atoms with Gasteiger partial charge in [-0.25, -0.2) is 13.6 Å². The lowest BCUT2D eigenvalue weighted by molar-refractivity contribution is 0.0943. The molecule has 3 rings (SSSR count). The number of rotatable bonds is 5. The lowest BCUT2D eigenvalue weighted by atomic mass is 10.1. The van der Waals surface area contributed by atoms with Gasteiger partial charge in [0.15, 0.2) is 0 Å². The summed E-state index contributed by atoms with van der Waals surface area (Å²) in [4.78, 5) is 13.0. The van der Waals surface area contributed by atoms with Gasteiger partial charge < -0.3 is 15.3 Å². The zero-order valence-electron chi connectivity index (χ0n) is 13.0. The molecule has 126 valence electrons. The molecule has 2 aromatic rings. The van der Waals surface area contributed by atoms with E-state index < -0.39 is 19.0 Å². The lowest BCUT2D eigenvalue weighted by Crippen LogP contribution is -2.40. The first-order chi connectivity index (χ1) is 11.6. The average Bonchev–Trinajstić information content (AvgIpc) is 2.91. The van der Waals surface area contributed by atoms with Crippen LogP contribution in [0, 0.1) is 0 Å². The molecule has 6 heteroatoms. The molecule has 24 heavy (non-hydrogen) atoms. The topological polar surface area (TPSA) is 52.6 Å². The highest BCUT2D eigenvalue weighted by Gasteiger charge is 2.20. The standard InChI is InChI=1S/C18H18F2N2O2/c19-17(20)11-22(7-8-23)18(24)21-14-5-6-16-13(10-14)9-12-3-1-2-4-15(12)16/h1-6,10,17,23H,7-9,11H2,(H,21,24). The molecular formula is C18H18F2N2O2. The molecule has 4 nitrogen and oxygen atoms in total. The highest BCUT2D eigenvalue weighted by molar-refractivity contribution is 5.90. The number of fused-ring (bicyclic) bond motifs is 3. The fraction of sp³-hybridized carbons (Fsp3) is 0.278. The van der Waals surface area contributed by atoms with E-state index in [9.17, 15) is 13.6 Å². The summed E-state index contributed by atoms with van der Waals surface area (Å²) in [5.74, 6) is 0. The van der Waals surface area contributed by atoms with Gasteiger partial charge in [-0.15, -0.1) is 0 Å². The Morgan fingerprint density at radius 3 is 2.67 bits per heavy atom. The maximum Gasteiger partial charge on any atom is 0.322 e. The molecule has 0 saturated heterocycles. The number of aliphatic hydroxyl groups is 1. The Morgan fingerprint density at radius 1 is 1.17 bits per heavy atom. The highest BCUT2D eigenvalue weighted by atomic mass is 19.3. The normalized spacial score (nSPS) is 12.0. The second kappa shape index (κ2) is 6.97. The van der Waals surface area contributed by atoms with Gasteiger partial charge in [-0.05, 0) is 40.8 Å². The molecule has 0 aliphatic heterocycles. The van der Waals surface area contributed by atoms with Crippen LogP contribution in [-0.4, -0.2) is 42.2 Å². The maximum absolute atomic E-state index is 12.5. The quantitative estimate of drug-likeness (QED) is 0.753. The lowest BCUT2D eigenvalue weighted by Gasteiger charge is -2.21. The summed E-state index contributed by atoms with van der Waals surface area (Å²) >= 11 is 0. The van der Waals surface area contributed by atoms with Crippen LogP contribution in [-0.2, 0) is 6.42 Å². The van der Waals surface area contributed by atoms with Crippen molar-refractivity contribution in [2.45, 2.75) is 12.8 Å². The Bertz CT molecular complexity index is 750. The van der Waals surface area contributed by atoms with E-state index in [4.69, 9.17) is 5.11 Å². The van der Waals surface area contributed by atoms with Crippen LogP contribution in [0.3, 0.4) is 0 Å². The first-order valence-electron chi connectivity index (χ1n) is 7.74. The summed E-state index contributed by atoms with van der Waals surface area (Å²) in [6.45, 7) is -1.20. The van der Waals surface area contributed by atoms with Crippen molar-refractivity contribution in [1.82, 2.24) is 4.90 Å². The van der Waals surface area contributed by atoms with Gasteiger partial charge in [0.25, 0.3) is 6.43 Å². The number of alkyl halides is 2. The first kappa shape index (κ1) is 16.4. The van der Waals surface area contributed by atoms with Crippen LogP contribution in [0.4, 0.5) is 19.3 Å². The van der Waals surface area contributed by atoms with Crippen LogP contribution in [0.5, 0.6) is 0 Å². The van der Waals surface area contributed by atoms with E-state index in [1.54, 1.807) is 6.07 Å². The zero-order chi connectivity index (χ0) is 17.1. The number of amides is 2. The Kier molecular flexibility index (Phi) is 4.76. The zero-order valence-corrected chi connectivity index (χ0v) is 13.0. The van der Waals surface area contributed by atoms with Gasteiger partial charge in [-0.2, -0.15) is 0 Å². The Hall–Kier alpha value is -2.47. The third-order valence-electron chi connectivity index (χ3n) is 4.06. The van der Waals surface area contributed by atoms with Gasteiger partial charge in [0, 0.05) is 12.2 Å². The molecule has 2 aromatic carbocycles. The summed E-state index contributed by atoms with van der Waals surface area (Å²) in [6.07, 6.45) is -1.86. The van der Waals surface area contributed by atoms with Gasteiger partial charge >= 0.3 is 6.03 Å². The van der Waals surface area contributed by atoms with Crippen LogP contribution in [0.2, 0.25) is 0 Å². The van der Waals surface area contributed by atoms with Crippen molar-refractivity contribution in [3.05, 3.63) is 53.6 Å². The SMILES string of the molecule is O=C(Nc1ccc2c(c1)Cc1ccccc1-2)N(CCO)CC(F)F. The second-order valence-corrected chi connectivity index (χ2v) is 5.70. The summed E-state index contributed by atoms with van der Waals surface area (Å²) in [5, 5.41) is 11.6.